The zero-order valence-electron chi connectivity index (χ0n) is 28.1. The average Bonchev–Trinajstić information content (AvgIpc) is 2.94. The van der Waals surface area contributed by atoms with Crippen LogP contribution in [0.3, 0.4) is 0 Å². The second-order valence-electron chi connectivity index (χ2n) is 12.5. The number of nitrogens with zero attached hydrogens (tertiary/aromatic N) is 1. The summed E-state index contributed by atoms with van der Waals surface area (Å²) in [7, 11) is 1.22. The van der Waals surface area contributed by atoms with Gasteiger partial charge in [-0.05, 0) is 44.9 Å². The van der Waals surface area contributed by atoms with Crippen LogP contribution in [0.15, 0.2) is 36.5 Å². The number of hydrogen-bond acceptors (Lipinski definition) is 6. The number of amides is 1. The maximum Gasteiger partial charge on any atom is 0.268 e. The Morgan fingerprint density at radius 3 is 1.88 bits per heavy atom. The van der Waals surface area contributed by atoms with E-state index in [1.807, 2.05) is 27.2 Å². The first-order chi connectivity index (χ1) is 20.5. The lowest BCUT2D eigenvalue weighted by atomic mass is 10.1. The monoisotopic (exact) mass is 628 g/mol. The molecule has 0 fully saturated rings. The van der Waals surface area contributed by atoms with E-state index in [1.54, 1.807) is 6.08 Å². The van der Waals surface area contributed by atoms with Crippen LogP contribution in [0.1, 0.15) is 123 Å². The molecule has 1 amide bonds. The van der Waals surface area contributed by atoms with E-state index < -0.39 is 26.6 Å². The highest BCUT2D eigenvalue weighted by Crippen LogP contribution is 2.38. The zero-order valence-corrected chi connectivity index (χ0v) is 29.0. The van der Waals surface area contributed by atoms with E-state index in [4.69, 9.17) is 9.05 Å². The van der Waals surface area contributed by atoms with Crippen LogP contribution in [0.25, 0.3) is 0 Å². The van der Waals surface area contributed by atoms with Gasteiger partial charge in [-0.1, -0.05) is 108 Å². The van der Waals surface area contributed by atoms with E-state index in [9.17, 15) is 19.4 Å². The lowest BCUT2D eigenvalue weighted by Crippen LogP contribution is -2.45. The van der Waals surface area contributed by atoms with Crippen molar-refractivity contribution >= 4 is 13.7 Å². The molecule has 0 spiro atoms. The van der Waals surface area contributed by atoms with Gasteiger partial charge < -0.3 is 28.8 Å². The lowest BCUT2D eigenvalue weighted by molar-refractivity contribution is -0.870. The van der Waals surface area contributed by atoms with Gasteiger partial charge >= 0.3 is 0 Å². The Morgan fingerprint density at radius 2 is 1.30 bits per heavy atom. The molecule has 0 rings (SSSR count). The predicted octanol–water partition coefficient (Wildman–Crippen LogP) is 7.38. The molecular weight excluding hydrogens is 563 g/mol. The Morgan fingerprint density at radius 1 is 0.791 bits per heavy atom. The van der Waals surface area contributed by atoms with E-state index in [1.165, 1.54) is 44.9 Å². The molecule has 43 heavy (non-hydrogen) atoms. The number of carbonyl (C=O) groups excluding carboxylic acids is 1. The number of carbonyl (C=O) groups is 1. The molecule has 0 heterocycles. The number of phosphoric acid groups is 1. The smallest absolute Gasteiger partial charge is 0.268 e. The normalized spacial score (nSPS) is 15.4. The highest BCUT2D eigenvalue weighted by Gasteiger charge is 2.23. The van der Waals surface area contributed by atoms with Crippen LogP contribution in [-0.2, 0) is 18.4 Å². The number of phosphoric ester groups is 1. The molecule has 0 aromatic rings. The van der Waals surface area contributed by atoms with Gasteiger partial charge in [-0.25, -0.2) is 0 Å². The summed E-state index contributed by atoms with van der Waals surface area (Å²) in [5.74, 6) is -0.229. The fourth-order valence-corrected chi connectivity index (χ4v) is 5.02. The number of rotatable bonds is 29. The summed E-state index contributed by atoms with van der Waals surface area (Å²) < 4.78 is 22.9. The van der Waals surface area contributed by atoms with Crippen LogP contribution in [0.2, 0.25) is 0 Å². The largest absolute Gasteiger partial charge is 0.756 e. The molecule has 0 radical (unpaired) electrons. The van der Waals surface area contributed by atoms with Crippen molar-refractivity contribution in [3.63, 3.8) is 0 Å². The summed E-state index contributed by atoms with van der Waals surface area (Å²) in [4.78, 5) is 24.8. The Labute approximate surface area is 264 Å². The van der Waals surface area contributed by atoms with E-state index in [2.05, 4.69) is 43.5 Å². The Balaban J connectivity index is 4.59. The minimum atomic E-state index is -4.57. The second-order valence-corrected chi connectivity index (χ2v) is 13.9. The highest BCUT2D eigenvalue weighted by atomic mass is 31.2. The third kappa shape index (κ3) is 29.2. The Hall–Kier alpha value is -1.28. The van der Waals surface area contributed by atoms with E-state index in [-0.39, 0.29) is 12.5 Å². The number of quaternary nitrogens is 1. The topological polar surface area (TPSA) is 108 Å². The molecule has 0 aromatic carbocycles. The molecule has 2 N–H and O–H groups in total. The summed E-state index contributed by atoms with van der Waals surface area (Å²) in [6, 6.07) is -0.901. The van der Waals surface area contributed by atoms with E-state index in [0.29, 0.717) is 17.4 Å². The molecule has 8 nitrogen and oxygen atoms in total. The molecule has 3 unspecified atom stereocenters. The van der Waals surface area contributed by atoms with Crippen LogP contribution in [0, 0.1) is 0 Å². The van der Waals surface area contributed by atoms with Gasteiger partial charge in [-0.3, -0.25) is 9.36 Å². The number of aliphatic hydroxyl groups excluding tert-OH is 1. The van der Waals surface area contributed by atoms with Crippen LogP contribution >= 0.6 is 7.82 Å². The molecule has 9 heteroatoms. The highest BCUT2D eigenvalue weighted by molar-refractivity contribution is 7.45. The molecule has 0 bridgehead atoms. The first kappa shape index (κ1) is 41.7. The average molecular weight is 629 g/mol. The Kier molecular flexibility index (Phi) is 26.3. The lowest BCUT2D eigenvalue weighted by Gasteiger charge is -2.29. The van der Waals surface area contributed by atoms with Crippen molar-refractivity contribution in [1.82, 2.24) is 5.32 Å². The molecular formula is C34H65N2O6P. The predicted molar refractivity (Wildman–Crippen MR) is 178 cm³/mol. The maximum absolute atomic E-state index is 12.5. The molecule has 252 valence electrons. The third-order valence-corrected chi connectivity index (χ3v) is 8.04. The van der Waals surface area contributed by atoms with Gasteiger partial charge in [0.05, 0.1) is 39.9 Å². The van der Waals surface area contributed by atoms with Gasteiger partial charge in [0.15, 0.2) is 0 Å². The first-order valence-corrected chi connectivity index (χ1v) is 18.3. The van der Waals surface area contributed by atoms with Gasteiger partial charge in [0.25, 0.3) is 7.82 Å². The molecule has 0 aliphatic rings. The first-order valence-electron chi connectivity index (χ1n) is 16.9. The minimum Gasteiger partial charge on any atom is -0.756 e. The van der Waals surface area contributed by atoms with Crippen molar-refractivity contribution in [3.8, 4) is 0 Å². The number of nitrogens with one attached hydrogen (secondary N) is 1. The maximum atomic E-state index is 12.5. The van der Waals surface area contributed by atoms with Crippen molar-refractivity contribution < 1.29 is 32.9 Å². The standard InChI is InChI=1S/C34H65N2O6P/c1-6-8-10-12-13-14-15-16-17-18-19-20-21-22-24-25-27-33(37)32(35-34(38)28-26-23-11-9-7-2)31-42-43(39,40)41-30-29-36(3,4)5/h16-17,20-21,25,27,32-33,37H,6-15,18-19,22-24,26,28-31H2,1-5H3,(H-,35,38,39,40)/b17-16+,21-20+,27-25+. The van der Waals surface area contributed by atoms with Gasteiger partial charge in [0.1, 0.15) is 13.2 Å². The fourth-order valence-electron chi connectivity index (χ4n) is 4.30. The summed E-state index contributed by atoms with van der Waals surface area (Å²) in [6.45, 7) is 4.47. The van der Waals surface area contributed by atoms with Crippen LogP contribution in [-0.4, -0.2) is 68.5 Å². The molecule has 0 saturated heterocycles. The van der Waals surface area contributed by atoms with Gasteiger partial charge in [-0.15, -0.1) is 0 Å². The number of unbranched alkanes of at least 4 members (excludes halogenated alkanes) is 12. The molecule has 0 aliphatic heterocycles. The van der Waals surface area contributed by atoms with Gasteiger partial charge in [-0.2, -0.15) is 0 Å². The third-order valence-electron chi connectivity index (χ3n) is 7.08. The van der Waals surface area contributed by atoms with Crippen LogP contribution in [0.5, 0.6) is 0 Å². The number of aliphatic hydroxyl groups is 1. The van der Waals surface area contributed by atoms with Crippen molar-refractivity contribution in [2.75, 3.05) is 40.9 Å². The fraction of sp³-hybridized carbons (Fsp3) is 0.794. The summed E-state index contributed by atoms with van der Waals surface area (Å²) in [5.41, 5.74) is 0. The molecule has 0 aliphatic carbocycles. The number of allylic oxidation sites excluding steroid dienone is 5. The van der Waals surface area contributed by atoms with Crippen LogP contribution < -0.4 is 10.2 Å². The quantitative estimate of drug-likeness (QED) is 0.0387. The summed E-state index contributed by atoms with van der Waals surface area (Å²) >= 11 is 0. The summed E-state index contributed by atoms with van der Waals surface area (Å²) in [5, 5.41) is 13.5. The van der Waals surface area contributed by atoms with Crippen LogP contribution in [0.4, 0.5) is 0 Å². The van der Waals surface area contributed by atoms with Gasteiger partial charge in [0, 0.05) is 6.42 Å². The Bertz CT molecular complexity index is 809. The number of likely N-dealkylation sites (N-methyl/N-ethyl adjacent to an activating group) is 1. The van der Waals surface area contributed by atoms with E-state index in [0.717, 1.165) is 57.8 Å². The molecule has 0 saturated carbocycles. The number of hydrogen-bond donors (Lipinski definition) is 2. The summed E-state index contributed by atoms with van der Waals surface area (Å²) in [6.07, 6.45) is 29.4. The molecule has 0 aromatic heterocycles. The second kappa shape index (κ2) is 27.1. The minimum absolute atomic E-state index is 0.00941. The SMILES string of the molecule is CCCCCCCC/C=C/CC/C=C/CC/C=C/C(O)C(COP(=O)([O-])OCC[N+](C)(C)C)NC(=O)CCCCCCC. The van der Waals surface area contributed by atoms with Crippen molar-refractivity contribution in [1.29, 1.82) is 0 Å². The van der Waals surface area contributed by atoms with Crippen molar-refractivity contribution in [2.24, 2.45) is 0 Å². The van der Waals surface area contributed by atoms with Crippen molar-refractivity contribution in [2.45, 2.75) is 135 Å². The zero-order chi connectivity index (χ0) is 32.2. The van der Waals surface area contributed by atoms with Crippen molar-refractivity contribution in [3.05, 3.63) is 36.5 Å². The van der Waals surface area contributed by atoms with Gasteiger partial charge in [0.2, 0.25) is 5.91 Å². The van der Waals surface area contributed by atoms with E-state index >= 15 is 0 Å². The molecule has 3 atom stereocenters.